The van der Waals surface area contributed by atoms with Gasteiger partial charge < -0.3 is 4.74 Å². The molecule has 2 nitrogen and oxygen atoms in total. The van der Waals surface area contributed by atoms with Crippen LogP contribution in [0.15, 0.2) is 36.9 Å². The SMILES string of the molecule is C=CCc1ccccc1OC(=O)CCC. The van der Waals surface area contributed by atoms with Crippen LogP contribution in [-0.2, 0) is 11.2 Å². The fourth-order valence-electron chi connectivity index (χ4n) is 1.31. The lowest BCUT2D eigenvalue weighted by molar-refractivity contribution is -0.134. The molecule has 1 aromatic rings. The molecular formula is C13H16O2. The second-order valence-corrected chi connectivity index (χ2v) is 3.32. The predicted octanol–water partition coefficient (Wildman–Crippen LogP) is 3.12. The zero-order valence-electron chi connectivity index (χ0n) is 9.03. The van der Waals surface area contributed by atoms with Crippen LogP contribution in [0.25, 0.3) is 0 Å². The van der Waals surface area contributed by atoms with Crippen molar-refractivity contribution in [2.24, 2.45) is 0 Å². The van der Waals surface area contributed by atoms with Gasteiger partial charge in [0.25, 0.3) is 0 Å². The van der Waals surface area contributed by atoms with E-state index in [4.69, 9.17) is 4.74 Å². The minimum absolute atomic E-state index is 0.172. The van der Waals surface area contributed by atoms with E-state index in [1.54, 1.807) is 6.08 Å². The highest BCUT2D eigenvalue weighted by atomic mass is 16.5. The second kappa shape index (κ2) is 6.02. The van der Waals surface area contributed by atoms with E-state index in [9.17, 15) is 4.79 Å². The molecule has 0 radical (unpaired) electrons. The zero-order valence-corrected chi connectivity index (χ0v) is 9.03. The Hall–Kier alpha value is -1.57. The maximum absolute atomic E-state index is 11.3. The van der Waals surface area contributed by atoms with Gasteiger partial charge >= 0.3 is 5.97 Å². The maximum Gasteiger partial charge on any atom is 0.311 e. The first kappa shape index (κ1) is 11.5. The molecule has 0 aromatic heterocycles. The number of hydrogen-bond donors (Lipinski definition) is 0. The Morgan fingerprint density at radius 3 is 2.87 bits per heavy atom. The molecule has 0 spiro atoms. The Bertz CT molecular complexity index is 342. The van der Waals surface area contributed by atoms with Gasteiger partial charge in [0.2, 0.25) is 0 Å². The number of allylic oxidation sites excluding steroid dienone is 1. The molecule has 0 aliphatic carbocycles. The molecule has 0 aliphatic heterocycles. The highest BCUT2D eigenvalue weighted by Gasteiger charge is 2.06. The van der Waals surface area contributed by atoms with Gasteiger partial charge in [-0.05, 0) is 24.5 Å². The third-order valence-electron chi connectivity index (χ3n) is 2.01. The van der Waals surface area contributed by atoms with Crippen LogP contribution >= 0.6 is 0 Å². The molecule has 15 heavy (non-hydrogen) atoms. The maximum atomic E-state index is 11.3. The monoisotopic (exact) mass is 204 g/mol. The van der Waals surface area contributed by atoms with Gasteiger partial charge in [-0.1, -0.05) is 31.2 Å². The van der Waals surface area contributed by atoms with Crippen molar-refractivity contribution in [3.05, 3.63) is 42.5 Å². The summed E-state index contributed by atoms with van der Waals surface area (Å²) in [6.07, 6.45) is 3.78. The third-order valence-corrected chi connectivity index (χ3v) is 2.01. The van der Waals surface area contributed by atoms with Gasteiger partial charge in [0.1, 0.15) is 5.75 Å². The number of ether oxygens (including phenoxy) is 1. The van der Waals surface area contributed by atoms with Gasteiger partial charge in [0.05, 0.1) is 0 Å². The number of benzene rings is 1. The van der Waals surface area contributed by atoms with Crippen LogP contribution in [0.4, 0.5) is 0 Å². The Morgan fingerprint density at radius 1 is 1.47 bits per heavy atom. The van der Waals surface area contributed by atoms with Gasteiger partial charge in [-0.2, -0.15) is 0 Å². The van der Waals surface area contributed by atoms with E-state index in [2.05, 4.69) is 6.58 Å². The van der Waals surface area contributed by atoms with Gasteiger partial charge in [-0.15, -0.1) is 6.58 Å². The highest BCUT2D eigenvalue weighted by molar-refractivity contribution is 5.72. The molecule has 2 heteroatoms. The van der Waals surface area contributed by atoms with Crippen LogP contribution in [0.2, 0.25) is 0 Å². The molecule has 1 rings (SSSR count). The first-order chi connectivity index (χ1) is 7.27. The summed E-state index contributed by atoms with van der Waals surface area (Å²) in [5, 5.41) is 0. The average molecular weight is 204 g/mol. The van der Waals surface area contributed by atoms with E-state index < -0.39 is 0 Å². The molecule has 0 heterocycles. The van der Waals surface area contributed by atoms with E-state index in [-0.39, 0.29) is 5.97 Å². The molecule has 0 bridgehead atoms. The highest BCUT2D eigenvalue weighted by Crippen LogP contribution is 2.19. The van der Waals surface area contributed by atoms with Crippen LogP contribution in [0.3, 0.4) is 0 Å². The van der Waals surface area contributed by atoms with E-state index in [1.807, 2.05) is 31.2 Å². The van der Waals surface area contributed by atoms with Crippen LogP contribution in [0.1, 0.15) is 25.3 Å². The summed E-state index contributed by atoms with van der Waals surface area (Å²) < 4.78 is 5.25. The van der Waals surface area contributed by atoms with Crippen molar-refractivity contribution in [2.45, 2.75) is 26.2 Å². The summed E-state index contributed by atoms with van der Waals surface area (Å²) in [5.74, 6) is 0.477. The smallest absolute Gasteiger partial charge is 0.311 e. The Kier molecular flexibility index (Phi) is 4.61. The van der Waals surface area contributed by atoms with E-state index in [1.165, 1.54) is 0 Å². The summed E-state index contributed by atoms with van der Waals surface area (Å²) in [6.45, 7) is 5.63. The summed E-state index contributed by atoms with van der Waals surface area (Å²) in [6, 6.07) is 7.54. The third kappa shape index (κ3) is 3.58. The molecule has 0 fully saturated rings. The van der Waals surface area contributed by atoms with E-state index >= 15 is 0 Å². The van der Waals surface area contributed by atoms with Crippen molar-refractivity contribution < 1.29 is 9.53 Å². The molecule has 0 saturated carbocycles. The topological polar surface area (TPSA) is 26.3 Å². The molecule has 0 amide bonds. The number of carbonyl (C=O) groups is 1. The van der Waals surface area contributed by atoms with Crippen LogP contribution < -0.4 is 4.74 Å². The number of rotatable bonds is 5. The molecule has 0 saturated heterocycles. The second-order valence-electron chi connectivity index (χ2n) is 3.32. The quantitative estimate of drug-likeness (QED) is 0.418. The Balaban J connectivity index is 2.74. The van der Waals surface area contributed by atoms with E-state index in [0.29, 0.717) is 12.2 Å². The van der Waals surface area contributed by atoms with Crippen molar-refractivity contribution in [3.8, 4) is 5.75 Å². The predicted molar refractivity (Wildman–Crippen MR) is 60.9 cm³/mol. The van der Waals surface area contributed by atoms with Crippen molar-refractivity contribution in [1.82, 2.24) is 0 Å². The average Bonchev–Trinajstić information content (AvgIpc) is 2.21. The van der Waals surface area contributed by atoms with Crippen LogP contribution in [0, 0.1) is 0 Å². The van der Waals surface area contributed by atoms with Gasteiger partial charge in [-0.3, -0.25) is 4.79 Å². The largest absolute Gasteiger partial charge is 0.426 e. The number of carbonyl (C=O) groups excluding carboxylic acids is 1. The van der Waals surface area contributed by atoms with Crippen LogP contribution in [-0.4, -0.2) is 5.97 Å². The molecule has 1 aromatic carbocycles. The lowest BCUT2D eigenvalue weighted by Gasteiger charge is -2.07. The first-order valence-corrected chi connectivity index (χ1v) is 5.17. The molecule has 0 aliphatic rings. The molecule has 80 valence electrons. The lowest BCUT2D eigenvalue weighted by atomic mass is 10.1. The standard InChI is InChI=1S/C13H16O2/c1-3-7-11-9-5-6-10-12(11)15-13(14)8-4-2/h3,5-6,9-10H,1,4,7-8H2,2H3. The van der Waals surface area contributed by atoms with E-state index in [0.717, 1.165) is 18.4 Å². The van der Waals surface area contributed by atoms with Gasteiger partial charge in [0, 0.05) is 6.42 Å². The van der Waals surface area contributed by atoms with Crippen molar-refractivity contribution >= 4 is 5.97 Å². The lowest BCUT2D eigenvalue weighted by Crippen LogP contribution is -2.08. The van der Waals surface area contributed by atoms with Crippen LogP contribution in [0.5, 0.6) is 5.75 Å². The summed E-state index contributed by atoms with van der Waals surface area (Å²) in [4.78, 5) is 11.3. The minimum atomic E-state index is -0.172. The number of esters is 1. The number of hydrogen-bond acceptors (Lipinski definition) is 2. The fraction of sp³-hybridized carbons (Fsp3) is 0.308. The fourth-order valence-corrected chi connectivity index (χ4v) is 1.31. The minimum Gasteiger partial charge on any atom is -0.426 e. The Morgan fingerprint density at radius 2 is 2.20 bits per heavy atom. The molecule has 0 N–H and O–H groups in total. The normalized spacial score (nSPS) is 9.67. The Labute approximate surface area is 90.6 Å². The summed E-state index contributed by atoms with van der Waals surface area (Å²) >= 11 is 0. The van der Waals surface area contributed by atoms with Gasteiger partial charge in [0.15, 0.2) is 0 Å². The molecule has 0 unspecified atom stereocenters. The van der Waals surface area contributed by atoms with Crippen molar-refractivity contribution in [3.63, 3.8) is 0 Å². The van der Waals surface area contributed by atoms with Crippen molar-refractivity contribution in [1.29, 1.82) is 0 Å². The first-order valence-electron chi connectivity index (χ1n) is 5.17. The summed E-state index contributed by atoms with van der Waals surface area (Å²) in [5.41, 5.74) is 0.997. The van der Waals surface area contributed by atoms with Crippen molar-refractivity contribution in [2.75, 3.05) is 0 Å². The molecule has 0 atom stereocenters. The number of para-hydroxylation sites is 1. The zero-order chi connectivity index (χ0) is 11.1. The molecular weight excluding hydrogens is 188 g/mol. The summed E-state index contributed by atoms with van der Waals surface area (Å²) in [7, 11) is 0. The van der Waals surface area contributed by atoms with Gasteiger partial charge in [-0.25, -0.2) is 0 Å².